The molecule has 0 aliphatic carbocycles. The summed E-state index contributed by atoms with van der Waals surface area (Å²) >= 11 is 0. The van der Waals surface area contributed by atoms with Gasteiger partial charge in [-0.15, -0.1) is 6.58 Å². The Morgan fingerprint density at radius 3 is 2.84 bits per heavy atom. The Morgan fingerprint density at radius 1 is 1.40 bits per heavy atom. The summed E-state index contributed by atoms with van der Waals surface area (Å²) in [6.07, 6.45) is 2.58. The van der Waals surface area contributed by atoms with Crippen LogP contribution in [0.5, 0.6) is 11.5 Å². The highest BCUT2D eigenvalue weighted by Gasteiger charge is 2.19. The number of hydrogen-bond acceptors (Lipinski definition) is 6. The zero-order chi connectivity index (χ0) is 18.1. The lowest BCUT2D eigenvalue weighted by atomic mass is 10.1. The molecular weight excluding hydrogens is 320 g/mol. The quantitative estimate of drug-likeness (QED) is 0.434. The van der Waals surface area contributed by atoms with E-state index in [9.17, 15) is 10.2 Å². The van der Waals surface area contributed by atoms with Gasteiger partial charge in [0.1, 0.15) is 24.2 Å². The molecule has 3 N–H and O–H groups in total. The second-order valence-corrected chi connectivity index (χ2v) is 6.39. The Kier molecular flexibility index (Phi) is 8.21. The molecule has 25 heavy (non-hydrogen) atoms. The minimum atomic E-state index is -0.564. The minimum absolute atomic E-state index is 0.199. The van der Waals surface area contributed by atoms with Crippen LogP contribution in [0.2, 0.25) is 0 Å². The van der Waals surface area contributed by atoms with Crippen LogP contribution in [0.4, 0.5) is 0 Å². The van der Waals surface area contributed by atoms with Crippen molar-refractivity contribution in [2.24, 2.45) is 0 Å². The fraction of sp³-hybridized carbons (Fsp3) is 0.579. The summed E-state index contributed by atoms with van der Waals surface area (Å²) in [4.78, 5) is 2.17. The van der Waals surface area contributed by atoms with E-state index in [4.69, 9.17) is 9.47 Å². The molecule has 0 aromatic heterocycles. The number of methoxy groups -OCH3 is 1. The molecule has 140 valence electrons. The lowest BCUT2D eigenvalue weighted by Crippen LogP contribution is -2.41. The van der Waals surface area contributed by atoms with Crippen LogP contribution in [0.25, 0.3) is 0 Å². The summed E-state index contributed by atoms with van der Waals surface area (Å²) in [7, 11) is 1.64. The van der Waals surface area contributed by atoms with Gasteiger partial charge in [-0.05, 0) is 31.0 Å². The molecule has 6 nitrogen and oxygen atoms in total. The number of piperidine rings is 1. The molecule has 6 heteroatoms. The van der Waals surface area contributed by atoms with Gasteiger partial charge in [-0.3, -0.25) is 0 Å². The molecular formula is C19H30N2O4. The molecule has 1 aliphatic heterocycles. The first-order valence-corrected chi connectivity index (χ1v) is 8.82. The number of aliphatic hydroxyl groups is 2. The molecule has 1 aromatic rings. The first-order chi connectivity index (χ1) is 12.1. The first kappa shape index (κ1) is 19.7. The van der Waals surface area contributed by atoms with Crippen molar-refractivity contribution in [2.45, 2.75) is 31.6 Å². The van der Waals surface area contributed by atoms with E-state index in [0.29, 0.717) is 19.6 Å². The third kappa shape index (κ3) is 6.66. The summed E-state index contributed by atoms with van der Waals surface area (Å²) in [6.45, 7) is 7.47. The molecule has 1 unspecified atom stereocenters. The van der Waals surface area contributed by atoms with E-state index in [1.807, 2.05) is 18.2 Å². The molecule has 0 saturated carbocycles. The van der Waals surface area contributed by atoms with Crippen molar-refractivity contribution in [1.29, 1.82) is 0 Å². The number of benzene rings is 1. The Bertz CT molecular complexity index is 530. The molecule has 0 amide bonds. The molecule has 1 aromatic carbocycles. The fourth-order valence-electron chi connectivity index (χ4n) is 2.91. The maximum absolute atomic E-state index is 10.3. The number of rotatable bonds is 10. The van der Waals surface area contributed by atoms with Crippen molar-refractivity contribution < 1.29 is 19.7 Å². The van der Waals surface area contributed by atoms with Crippen LogP contribution in [0.3, 0.4) is 0 Å². The molecule has 2 rings (SSSR count). The van der Waals surface area contributed by atoms with Gasteiger partial charge in [-0.1, -0.05) is 6.08 Å². The van der Waals surface area contributed by atoms with Gasteiger partial charge in [0.05, 0.1) is 13.2 Å². The zero-order valence-corrected chi connectivity index (χ0v) is 15.0. The highest BCUT2D eigenvalue weighted by atomic mass is 16.5. The van der Waals surface area contributed by atoms with Gasteiger partial charge in [-0.2, -0.15) is 0 Å². The summed E-state index contributed by atoms with van der Waals surface area (Å²) in [5, 5.41) is 23.0. The van der Waals surface area contributed by atoms with Gasteiger partial charge in [0, 0.05) is 38.3 Å². The van der Waals surface area contributed by atoms with Gasteiger partial charge in [0.25, 0.3) is 0 Å². The van der Waals surface area contributed by atoms with Gasteiger partial charge in [0.15, 0.2) is 0 Å². The fourth-order valence-corrected chi connectivity index (χ4v) is 2.91. The number of hydrogen-bond donors (Lipinski definition) is 3. The highest BCUT2D eigenvalue weighted by molar-refractivity contribution is 5.40. The minimum Gasteiger partial charge on any atom is -0.497 e. The average Bonchev–Trinajstić information content (AvgIpc) is 2.62. The van der Waals surface area contributed by atoms with Crippen LogP contribution < -0.4 is 14.8 Å². The summed E-state index contributed by atoms with van der Waals surface area (Å²) < 4.78 is 11.1. The second-order valence-electron chi connectivity index (χ2n) is 6.39. The second kappa shape index (κ2) is 10.4. The monoisotopic (exact) mass is 350 g/mol. The summed E-state index contributed by atoms with van der Waals surface area (Å²) in [5.41, 5.74) is 0.981. The topological polar surface area (TPSA) is 74.2 Å². The number of aliphatic hydroxyl groups excluding tert-OH is 2. The van der Waals surface area contributed by atoms with Crippen molar-refractivity contribution in [3.05, 3.63) is 36.4 Å². The van der Waals surface area contributed by atoms with Crippen LogP contribution in [-0.2, 0) is 6.54 Å². The van der Waals surface area contributed by atoms with Crippen molar-refractivity contribution >= 4 is 0 Å². The van der Waals surface area contributed by atoms with E-state index in [-0.39, 0.29) is 12.7 Å². The van der Waals surface area contributed by atoms with Crippen molar-refractivity contribution in [2.75, 3.05) is 39.9 Å². The van der Waals surface area contributed by atoms with E-state index in [1.54, 1.807) is 13.2 Å². The van der Waals surface area contributed by atoms with Crippen LogP contribution >= 0.6 is 0 Å². The van der Waals surface area contributed by atoms with E-state index in [1.165, 1.54) is 0 Å². The van der Waals surface area contributed by atoms with E-state index in [0.717, 1.165) is 43.0 Å². The maximum atomic E-state index is 10.3. The molecule has 0 spiro atoms. The van der Waals surface area contributed by atoms with Crippen molar-refractivity contribution in [3.63, 3.8) is 0 Å². The van der Waals surface area contributed by atoms with Crippen LogP contribution in [0.1, 0.15) is 18.4 Å². The van der Waals surface area contributed by atoms with Gasteiger partial charge >= 0.3 is 0 Å². The molecule has 1 heterocycles. The Hall–Kier alpha value is -1.60. The summed E-state index contributed by atoms with van der Waals surface area (Å²) in [5.74, 6) is 1.51. The molecule has 0 radical (unpaired) electrons. The maximum Gasteiger partial charge on any atom is 0.124 e. The number of nitrogens with zero attached hydrogens (tertiary/aromatic N) is 1. The Balaban J connectivity index is 1.86. The van der Waals surface area contributed by atoms with Gasteiger partial charge in [0.2, 0.25) is 0 Å². The van der Waals surface area contributed by atoms with Crippen LogP contribution in [0, 0.1) is 0 Å². The van der Waals surface area contributed by atoms with Gasteiger partial charge in [-0.25, -0.2) is 0 Å². The smallest absolute Gasteiger partial charge is 0.124 e. The molecule has 1 saturated heterocycles. The van der Waals surface area contributed by atoms with Crippen molar-refractivity contribution in [3.8, 4) is 11.5 Å². The molecule has 1 atom stereocenters. The predicted octanol–water partition coefficient (Wildman–Crippen LogP) is 1.17. The lowest BCUT2D eigenvalue weighted by molar-refractivity contribution is 0.0336. The SMILES string of the molecule is C=CCNCc1cc(OC)ccc1OCC(O)CN1CCC(O)CC1. The van der Waals surface area contributed by atoms with Gasteiger partial charge < -0.3 is 29.9 Å². The molecule has 1 fully saturated rings. The Labute approximate surface area is 150 Å². The predicted molar refractivity (Wildman–Crippen MR) is 98.1 cm³/mol. The third-order valence-corrected chi connectivity index (χ3v) is 4.33. The van der Waals surface area contributed by atoms with E-state index in [2.05, 4.69) is 16.8 Å². The number of nitrogens with one attached hydrogen (secondary N) is 1. The molecule has 1 aliphatic rings. The van der Waals surface area contributed by atoms with Crippen LogP contribution in [0.15, 0.2) is 30.9 Å². The standard InChI is InChI=1S/C19H30N2O4/c1-3-8-20-12-15-11-18(24-2)4-5-19(15)25-14-17(23)13-21-9-6-16(22)7-10-21/h3-5,11,16-17,20,22-23H,1,6-10,12-14H2,2H3. The van der Waals surface area contributed by atoms with E-state index < -0.39 is 6.10 Å². The highest BCUT2D eigenvalue weighted by Crippen LogP contribution is 2.24. The number of ether oxygens (including phenoxy) is 2. The summed E-state index contributed by atoms with van der Waals surface area (Å²) in [6, 6.07) is 5.66. The first-order valence-electron chi connectivity index (χ1n) is 8.82. The van der Waals surface area contributed by atoms with Crippen LogP contribution in [-0.4, -0.2) is 67.2 Å². The van der Waals surface area contributed by atoms with Crippen molar-refractivity contribution in [1.82, 2.24) is 10.2 Å². The average molecular weight is 350 g/mol. The zero-order valence-electron chi connectivity index (χ0n) is 15.0. The number of likely N-dealkylation sites (tertiary alicyclic amines) is 1. The largest absolute Gasteiger partial charge is 0.497 e. The number of β-amino-alcohol motifs (C(OH)–C–C–N with tert-alkyl or cyclic N) is 1. The normalized spacial score (nSPS) is 17.2. The molecule has 0 bridgehead atoms. The lowest BCUT2D eigenvalue weighted by Gasteiger charge is -2.31. The Morgan fingerprint density at radius 2 is 2.16 bits per heavy atom. The third-order valence-electron chi connectivity index (χ3n) is 4.33. The van der Waals surface area contributed by atoms with E-state index >= 15 is 0 Å².